The number of nitrogens with zero attached hydrogens (tertiary/aromatic N) is 2. The first-order chi connectivity index (χ1) is 8.58. The van der Waals surface area contributed by atoms with Gasteiger partial charge >= 0.3 is 0 Å². The summed E-state index contributed by atoms with van der Waals surface area (Å²) in [4.78, 5) is 0. The third-order valence-electron chi connectivity index (χ3n) is 2.60. The van der Waals surface area contributed by atoms with Crippen LogP contribution < -0.4 is 16.0 Å². The quantitative estimate of drug-likeness (QED) is 0.672. The molecule has 5 nitrogen and oxygen atoms in total. The van der Waals surface area contributed by atoms with Crippen LogP contribution in [0.25, 0.3) is 0 Å². The minimum atomic E-state index is -0.330. The largest absolute Gasteiger partial charge is 0.493 e. The number of ether oxygens (including phenoxy) is 1. The van der Waals surface area contributed by atoms with Crippen molar-refractivity contribution in [3.8, 4) is 5.75 Å². The molecule has 0 saturated heterocycles. The smallest absolute Gasteiger partial charge is 0.161 e. The van der Waals surface area contributed by atoms with Crippen molar-refractivity contribution in [1.29, 1.82) is 0 Å². The lowest BCUT2D eigenvalue weighted by atomic mass is 10.1. The number of methoxy groups -OCH3 is 1. The first-order valence-corrected chi connectivity index (χ1v) is 6.62. The van der Waals surface area contributed by atoms with E-state index in [1.165, 1.54) is 11.3 Å². The Kier molecular flexibility index (Phi) is 4.14. The van der Waals surface area contributed by atoms with Gasteiger partial charge in [-0.3, -0.25) is 10.5 Å². The van der Waals surface area contributed by atoms with Gasteiger partial charge in [0, 0.05) is 12.6 Å². The van der Waals surface area contributed by atoms with Crippen molar-refractivity contribution in [2.75, 3.05) is 7.11 Å². The third-order valence-corrected chi connectivity index (χ3v) is 4.12. The van der Waals surface area contributed by atoms with E-state index in [4.69, 9.17) is 33.8 Å². The lowest BCUT2D eigenvalue weighted by molar-refractivity contribution is 0.401. The van der Waals surface area contributed by atoms with Crippen molar-refractivity contribution >= 4 is 34.5 Å². The van der Waals surface area contributed by atoms with Crippen LogP contribution in [0.4, 0.5) is 0 Å². The van der Waals surface area contributed by atoms with Crippen LogP contribution in [0.1, 0.15) is 17.3 Å². The standard InChI is InChI=1S/C10H12Cl2N4OS/c1-16-9(6(17-2)4-14-16)8(15-13)5-3-7(11)18-10(5)12/h3-4,8,15H,13H2,1-2H3. The SMILES string of the molecule is COc1cnn(C)c1C(NN)c1cc(Cl)sc1Cl. The van der Waals surface area contributed by atoms with Gasteiger partial charge in [-0.1, -0.05) is 23.2 Å². The number of halogens is 2. The van der Waals surface area contributed by atoms with E-state index < -0.39 is 0 Å². The average molecular weight is 307 g/mol. The first kappa shape index (κ1) is 13.6. The molecule has 0 aromatic carbocycles. The van der Waals surface area contributed by atoms with Crippen LogP contribution in [0.15, 0.2) is 12.3 Å². The summed E-state index contributed by atoms with van der Waals surface area (Å²) in [5.74, 6) is 6.26. The highest BCUT2D eigenvalue weighted by atomic mass is 35.5. The minimum absolute atomic E-state index is 0.330. The van der Waals surface area contributed by atoms with E-state index in [0.717, 1.165) is 11.3 Å². The van der Waals surface area contributed by atoms with Crippen molar-refractivity contribution in [1.82, 2.24) is 15.2 Å². The average Bonchev–Trinajstić information content (AvgIpc) is 2.85. The monoisotopic (exact) mass is 306 g/mol. The highest BCUT2D eigenvalue weighted by Crippen LogP contribution is 2.39. The van der Waals surface area contributed by atoms with Crippen LogP contribution in [0, 0.1) is 0 Å². The number of hydrazine groups is 1. The number of nitrogens with one attached hydrogen (secondary N) is 1. The Morgan fingerprint density at radius 1 is 1.56 bits per heavy atom. The van der Waals surface area contributed by atoms with Crippen molar-refractivity contribution in [2.45, 2.75) is 6.04 Å². The van der Waals surface area contributed by atoms with E-state index in [-0.39, 0.29) is 6.04 Å². The molecule has 1 atom stereocenters. The van der Waals surface area contributed by atoms with Gasteiger partial charge in [-0.15, -0.1) is 11.3 Å². The molecular weight excluding hydrogens is 295 g/mol. The maximum atomic E-state index is 6.15. The fraction of sp³-hybridized carbons (Fsp3) is 0.300. The summed E-state index contributed by atoms with van der Waals surface area (Å²) in [7, 11) is 3.39. The Bertz CT molecular complexity index is 554. The highest BCUT2D eigenvalue weighted by Gasteiger charge is 2.25. The second-order valence-corrected chi connectivity index (χ2v) is 5.89. The molecule has 0 aliphatic heterocycles. The van der Waals surface area contributed by atoms with Gasteiger partial charge in [0.05, 0.1) is 28.0 Å². The number of aromatic nitrogens is 2. The van der Waals surface area contributed by atoms with Crippen LogP contribution in [0.3, 0.4) is 0 Å². The molecule has 8 heteroatoms. The number of thiophene rings is 1. The van der Waals surface area contributed by atoms with Gasteiger partial charge in [0.15, 0.2) is 5.75 Å². The van der Waals surface area contributed by atoms with E-state index >= 15 is 0 Å². The summed E-state index contributed by atoms with van der Waals surface area (Å²) in [6, 6.07) is 1.45. The molecule has 0 spiro atoms. The molecule has 0 bridgehead atoms. The number of hydrogen-bond acceptors (Lipinski definition) is 5. The molecule has 2 aromatic rings. The van der Waals surface area contributed by atoms with Gasteiger partial charge in [-0.2, -0.15) is 5.10 Å². The van der Waals surface area contributed by atoms with Crippen LogP contribution in [-0.4, -0.2) is 16.9 Å². The van der Waals surface area contributed by atoms with Crippen LogP contribution in [-0.2, 0) is 7.05 Å². The van der Waals surface area contributed by atoms with Crippen molar-refractivity contribution in [3.63, 3.8) is 0 Å². The number of nitrogens with two attached hydrogens (primary N) is 1. The fourth-order valence-corrected chi connectivity index (χ4v) is 3.31. The Morgan fingerprint density at radius 2 is 2.28 bits per heavy atom. The number of rotatable bonds is 4. The van der Waals surface area contributed by atoms with Crippen LogP contribution >= 0.6 is 34.5 Å². The molecule has 3 N–H and O–H groups in total. The Labute approximate surface area is 118 Å². The lowest BCUT2D eigenvalue weighted by Crippen LogP contribution is -2.30. The van der Waals surface area contributed by atoms with Gasteiger partial charge in [-0.05, 0) is 6.07 Å². The number of aryl methyl sites for hydroxylation is 1. The maximum absolute atomic E-state index is 6.15. The van der Waals surface area contributed by atoms with E-state index in [1.807, 2.05) is 7.05 Å². The topological polar surface area (TPSA) is 65.1 Å². The molecular formula is C10H12Cl2N4OS. The molecule has 0 aliphatic carbocycles. The molecule has 0 aliphatic rings. The second-order valence-electron chi connectivity index (χ2n) is 3.60. The van der Waals surface area contributed by atoms with Gasteiger partial charge < -0.3 is 4.74 Å². The molecule has 0 amide bonds. The van der Waals surface area contributed by atoms with E-state index in [9.17, 15) is 0 Å². The van der Waals surface area contributed by atoms with E-state index in [2.05, 4.69) is 10.5 Å². The third kappa shape index (κ3) is 2.34. The van der Waals surface area contributed by atoms with Gasteiger partial charge in [0.25, 0.3) is 0 Å². The summed E-state index contributed by atoms with van der Waals surface area (Å²) >= 11 is 13.4. The molecule has 2 rings (SSSR count). The predicted molar refractivity (Wildman–Crippen MR) is 73.3 cm³/mol. The molecule has 2 aromatic heterocycles. The summed E-state index contributed by atoms with van der Waals surface area (Å²) in [6.45, 7) is 0. The summed E-state index contributed by atoms with van der Waals surface area (Å²) in [5, 5.41) is 4.14. The van der Waals surface area contributed by atoms with Gasteiger partial charge in [0.1, 0.15) is 5.69 Å². The minimum Gasteiger partial charge on any atom is -0.493 e. The van der Waals surface area contributed by atoms with E-state index in [1.54, 1.807) is 24.1 Å². The predicted octanol–water partition coefficient (Wildman–Crippen LogP) is 2.35. The van der Waals surface area contributed by atoms with Crippen LogP contribution in [0.2, 0.25) is 8.67 Å². The molecule has 0 saturated carbocycles. The first-order valence-electron chi connectivity index (χ1n) is 5.05. The molecule has 18 heavy (non-hydrogen) atoms. The summed E-state index contributed by atoms with van der Waals surface area (Å²) < 4.78 is 8.15. The van der Waals surface area contributed by atoms with E-state index in [0.29, 0.717) is 14.4 Å². The molecule has 0 fully saturated rings. The summed E-state index contributed by atoms with van der Waals surface area (Å²) in [6.07, 6.45) is 1.63. The normalized spacial score (nSPS) is 12.7. The zero-order chi connectivity index (χ0) is 13.3. The zero-order valence-electron chi connectivity index (χ0n) is 9.78. The molecule has 0 radical (unpaired) electrons. The Hall–Kier alpha value is -0.790. The zero-order valence-corrected chi connectivity index (χ0v) is 12.1. The molecule has 2 heterocycles. The number of hydrogen-bond donors (Lipinski definition) is 2. The van der Waals surface area contributed by atoms with Gasteiger partial charge in [-0.25, -0.2) is 5.43 Å². The fourth-order valence-electron chi connectivity index (χ4n) is 1.78. The van der Waals surface area contributed by atoms with Crippen LogP contribution in [0.5, 0.6) is 5.75 Å². The van der Waals surface area contributed by atoms with Gasteiger partial charge in [0.2, 0.25) is 0 Å². The highest BCUT2D eigenvalue weighted by molar-refractivity contribution is 7.20. The molecule has 98 valence electrons. The van der Waals surface area contributed by atoms with Crippen molar-refractivity contribution in [3.05, 3.63) is 32.2 Å². The lowest BCUT2D eigenvalue weighted by Gasteiger charge is -2.17. The van der Waals surface area contributed by atoms with Crippen molar-refractivity contribution < 1.29 is 4.74 Å². The van der Waals surface area contributed by atoms with Crippen molar-refractivity contribution in [2.24, 2.45) is 12.9 Å². The summed E-state index contributed by atoms with van der Waals surface area (Å²) in [5.41, 5.74) is 4.30. The maximum Gasteiger partial charge on any atom is 0.161 e. The molecule has 1 unspecified atom stereocenters. The second kappa shape index (κ2) is 5.46. The Balaban J connectivity index is 2.51. The Morgan fingerprint density at radius 3 is 2.78 bits per heavy atom.